The van der Waals surface area contributed by atoms with E-state index < -0.39 is 0 Å². The molecule has 1 N–H and O–H groups in total. The van der Waals surface area contributed by atoms with Gasteiger partial charge in [-0.2, -0.15) is 0 Å². The second-order valence-corrected chi connectivity index (χ2v) is 7.66. The van der Waals surface area contributed by atoms with E-state index in [0.29, 0.717) is 25.6 Å². The van der Waals surface area contributed by atoms with Gasteiger partial charge in [0.25, 0.3) is 0 Å². The third kappa shape index (κ3) is 4.44. The Morgan fingerprint density at radius 3 is 2.40 bits per heavy atom. The van der Waals surface area contributed by atoms with Crippen LogP contribution in [0.3, 0.4) is 0 Å². The van der Waals surface area contributed by atoms with Crippen LogP contribution in [0.5, 0.6) is 0 Å². The molecule has 1 atom stereocenters. The number of nitrogens with zero attached hydrogens (tertiary/aromatic N) is 6. The second-order valence-electron chi connectivity index (χ2n) is 7.66. The molecular weight excluding hydrogens is 380 g/mol. The normalized spacial score (nSPS) is 15.2. The SMILES string of the molecule is CN(C)c1ccc(CC(CO)n2cncc2-c2cnc(N3CCOCC3)nc2)cc1. The highest BCUT2D eigenvalue weighted by atomic mass is 16.5. The summed E-state index contributed by atoms with van der Waals surface area (Å²) in [5.74, 6) is 0.716. The molecule has 8 nitrogen and oxygen atoms in total. The van der Waals surface area contributed by atoms with Crippen LogP contribution in [0.1, 0.15) is 11.6 Å². The fourth-order valence-electron chi connectivity index (χ4n) is 3.65. The average molecular weight is 409 g/mol. The summed E-state index contributed by atoms with van der Waals surface area (Å²) in [6.45, 7) is 3.02. The first-order valence-corrected chi connectivity index (χ1v) is 10.2. The number of anilines is 2. The standard InChI is InChI=1S/C22H28N6O2/c1-26(2)19-5-3-17(4-6-19)11-20(15-29)28-16-23-14-21(28)18-12-24-22(25-13-18)27-7-9-30-10-8-27/h3-6,12-14,16,20,29H,7-11,15H2,1-2H3. The number of hydrogen-bond acceptors (Lipinski definition) is 7. The minimum atomic E-state index is -0.119. The molecular formula is C22H28N6O2. The second kappa shape index (κ2) is 9.23. The first kappa shape index (κ1) is 20.3. The van der Waals surface area contributed by atoms with Gasteiger partial charge in [0.05, 0.1) is 44.1 Å². The minimum Gasteiger partial charge on any atom is -0.394 e. The van der Waals surface area contributed by atoms with E-state index in [-0.39, 0.29) is 12.6 Å². The molecule has 1 aliphatic rings. The lowest BCUT2D eigenvalue weighted by molar-refractivity contribution is 0.122. The lowest BCUT2D eigenvalue weighted by Crippen LogP contribution is -2.37. The number of aliphatic hydroxyl groups excluding tert-OH is 1. The van der Waals surface area contributed by atoms with E-state index in [1.54, 1.807) is 12.5 Å². The lowest BCUT2D eigenvalue weighted by Gasteiger charge is -2.26. The first-order chi connectivity index (χ1) is 14.7. The van der Waals surface area contributed by atoms with Crippen LogP contribution in [0, 0.1) is 0 Å². The Morgan fingerprint density at radius 1 is 1.07 bits per heavy atom. The van der Waals surface area contributed by atoms with Crippen LogP contribution in [-0.4, -0.2) is 71.6 Å². The fourth-order valence-corrected chi connectivity index (χ4v) is 3.65. The Balaban J connectivity index is 1.52. The molecule has 4 rings (SSSR count). The summed E-state index contributed by atoms with van der Waals surface area (Å²) in [7, 11) is 4.05. The minimum absolute atomic E-state index is 0.0194. The highest BCUT2D eigenvalue weighted by molar-refractivity contribution is 5.57. The summed E-state index contributed by atoms with van der Waals surface area (Å²) in [5.41, 5.74) is 4.09. The van der Waals surface area contributed by atoms with Gasteiger partial charge >= 0.3 is 0 Å². The predicted octanol–water partition coefficient (Wildman–Crippen LogP) is 2.02. The van der Waals surface area contributed by atoms with Crippen molar-refractivity contribution in [2.45, 2.75) is 12.5 Å². The molecule has 1 unspecified atom stereocenters. The molecule has 8 heteroatoms. The lowest BCUT2D eigenvalue weighted by atomic mass is 10.0. The topological polar surface area (TPSA) is 79.5 Å². The van der Waals surface area contributed by atoms with Crippen LogP contribution in [-0.2, 0) is 11.2 Å². The molecule has 1 aromatic carbocycles. The smallest absolute Gasteiger partial charge is 0.225 e. The zero-order valence-corrected chi connectivity index (χ0v) is 17.5. The molecule has 0 amide bonds. The number of rotatable bonds is 7. The molecule has 30 heavy (non-hydrogen) atoms. The summed E-state index contributed by atoms with van der Waals surface area (Å²) in [5, 5.41) is 10.1. The van der Waals surface area contributed by atoms with Crippen molar-refractivity contribution in [2.75, 3.05) is 56.8 Å². The molecule has 1 saturated heterocycles. The van der Waals surface area contributed by atoms with Crippen molar-refractivity contribution in [1.82, 2.24) is 19.5 Å². The van der Waals surface area contributed by atoms with E-state index in [0.717, 1.165) is 30.0 Å². The van der Waals surface area contributed by atoms with Crippen LogP contribution < -0.4 is 9.80 Å². The summed E-state index contributed by atoms with van der Waals surface area (Å²) in [6.07, 6.45) is 7.92. The van der Waals surface area contributed by atoms with Crippen LogP contribution in [0.15, 0.2) is 49.2 Å². The summed E-state index contributed by atoms with van der Waals surface area (Å²) in [6, 6.07) is 8.28. The Morgan fingerprint density at radius 2 is 1.77 bits per heavy atom. The van der Waals surface area contributed by atoms with Crippen molar-refractivity contribution in [3.8, 4) is 11.3 Å². The highest BCUT2D eigenvalue weighted by Crippen LogP contribution is 2.25. The van der Waals surface area contributed by atoms with Gasteiger partial charge in [0.2, 0.25) is 5.95 Å². The maximum absolute atomic E-state index is 10.1. The molecule has 158 valence electrons. The molecule has 1 fully saturated rings. The van der Waals surface area contributed by atoms with E-state index in [2.05, 4.69) is 49.0 Å². The van der Waals surface area contributed by atoms with Crippen molar-refractivity contribution < 1.29 is 9.84 Å². The number of morpholine rings is 1. The monoisotopic (exact) mass is 408 g/mol. The first-order valence-electron chi connectivity index (χ1n) is 10.2. The molecule has 3 heterocycles. The number of ether oxygens (including phenoxy) is 1. The van der Waals surface area contributed by atoms with E-state index in [1.807, 2.05) is 31.1 Å². The van der Waals surface area contributed by atoms with Crippen LogP contribution in [0.2, 0.25) is 0 Å². The van der Waals surface area contributed by atoms with E-state index in [1.165, 1.54) is 5.56 Å². The third-order valence-electron chi connectivity index (χ3n) is 5.42. The Bertz CT molecular complexity index is 933. The van der Waals surface area contributed by atoms with Crippen molar-refractivity contribution >= 4 is 11.6 Å². The van der Waals surface area contributed by atoms with Gasteiger partial charge in [0.15, 0.2) is 0 Å². The molecule has 0 saturated carbocycles. The van der Waals surface area contributed by atoms with Crippen molar-refractivity contribution in [2.24, 2.45) is 0 Å². The van der Waals surface area contributed by atoms with Crippen molar-refractivity contribution in [3.05, 3.63) is 54.7 Å². The van der Waals surface area contributed by atoms with E-state index in [9.17, 15) is 5.11 Å². The summed E-state index contributed by atoms with van der Waals surface area (Å²) >= 11 is 0. The Kier molecular flexibility index (Phi) is 6.25. The maximum atomic E-state index is 10.1. The average Bonchev–Trinajstić information content (AvgIpc) is 3.28. The van der Waals surface area contributed by atoms with Gasteiger partial charge in [0, 0.05) is 50.8 Å². The quantitative estimate of drug-likeness (QED) is 0.641. The van der Waals surface area contributed by atoms with Crippen molar-refractivity contribution in [1.29, 1.82) is 0 Å². The van der Waals surface area contributed by atoms with Crippen LogP contribution in [0.4, 0.5) is 11.6 Å². The number of hydrogen-bond donors (Lipinski definition) is 1. The van der Waals surface area contributed by atoms with Gasteiger partial charge in [-0.05, 0) is 24.1 Å². The Hall–Kier alpha value is -2.97. The molecule has 0 bridgehead atoms. The zero-order valence-electron chi connectivity index (χ0n) is 17.5. The summed E-state index contributed by atoms with van der Waals surface area (Å²) in [4.78, 5) is 17.6. The molecule has 0 aliphatic carbocycles. The Labute approximate surface area is 176 Å². The molecule has 3 aromatic rings. The van der Waals surface area contributed by atoms with Gasteiger partial charge in [0.1, 0.15) is 0 Å². The van der Waals surface area contributed by atoms with Gasteiger partial charge in [-0.15, -0.1) is 0 Å². The molecule has 2 aromatic heterocycles. The predicted molar refractivity (Wildman–Crippen MR) is 117 cm³/mol. The fraction of sp³-hybridized carbons (Fsp3) is 0.409. The highest BCUT2D eigenvalue weighted by Gasteiger charge is 2.18. The number of aliphatic hydroxyl groups is 1. The largest absolute Gasteiger partial charge is 0.394 e. The van der Waals surface area contributed by atoms with Gasteiger partial charge in [-0.25, -0.2) is 15.0 Å². The van der Waals surface area contributed by atoms with Gasteiger partial charge < -0.3 is 24.2 Å². The molecule has 0 radical (unpaired) electrons. The third-order valence-corrected chi connectivity index (χ3v) is 5.42. The maximum Gasteiger partial charge on any atom is 0.225 e. The van der Waals surface area contributed by atoms with Crippen LogP contribution >= 0.6 is 0 Å². The van der Waals surface area contributed by atoms with Gasteiger partial charge in [-0.3, -0.25) is 0 Å². The van der Waals surface area contributed by atoms with Gasteiger partial charge in [-0.1, -0.05) is 12.1 Å². The van der Waals surface area contributed by atoms with Crippen molar-refractivity contribution in [3.63, 3.8) is 0 Å². The zero-order chi connectivity index (χ0) is 20.9. The number of imidazole rings is 1. The van der Waals surface area contributed by atoms with E-state index in [4.69, 9.17) is 4.74 Å². The number of aromatic nitrogens is 4. The summed E-state index contributed by atoms with van der Waals surface area (Å²) < 4.78 is 7.40. The number of benzene rings is 1. The van der Waals surface area contributed by atoms with Crippen LogP contribution in [0.25, 0.3) is 11.3 Å². The molecule has 1 aliphatic heterocycles. The van der Waals surface area contributed by atoms with E-state index >= 15 is 0 Å². The molecule has 0 spiro atoms.